The van der Waals surface area contributed by atoms with E-state index in [1.165, 1.54) is 25.1 Å². The molecule has 1 aromatic rings. The molecule has 2 unspecified atom stereocenters. The summed E-state index contributed by atoms with van der Waals surface area (Å²) in [5.74, 6) is -0.0851. The molecule has 0 amide bonds. The molecule has 0 fully saturated rings. The van der Waals surface area contributed by atoms with Gasteiger partial charge in [0.2, 0.25) is 0 Å². The van der Waals surface area contributed by atoms with E-state index in [1.807, 2.05) is 13.0 Å². The molecule has 0 heterocycles. The summed E-state index contributed by atoms with van der Waals surface area (Å²) in [5.41, 5.74) is 0.355. The molecule has 1 rings (SSSR count). The Hall–Kier alpha value is -1.60. The fourth-order valence-electron chi connectivity index (χ4n) is 1.31. The molecule has 0 bridgehead atoms. The minimum Gasteiger partial charge on any atom is -0.475 e. The van der Waals surface area contributed by atoms with Crippen LogP contribution in [0.5, 0.6) is 5.75 Å². The third-order valence-corrected chi connectivity index (χ3v) is 2.21. The highest BCUT2D eigenvalue weighted by Gasteiger charge is 2.14. The third-order valence-electron chi connectivity index (χ3n) is 2.21. The molecule has 1 N–H and O–H groups in total. The topological polar surface area (TPSA) is 53.2 Å². The normalized spacial score (nSPS) is 13.9. The van der Waals surface area contributed by atoms with Gasteiger partial charge in [-0.25, -0.2) is 4.39 Å². The molecule has 1 aromatic carbocycles. The van der Waals surface area contributed by atoms with E-state index in [2.05, 4.69) is 0 Å². The first-order valence-electron chi connectivity index (χ1n) is 5.12. The summed E-state index contributed by atoms with van der Waals surface area (Å²) >= 11 is 0. The van der Waals surface area contributed by atoms with E-state index in [-0.39, 0.29) is 0 Å². The van der Waals surface area contributed by atoms with E-state index in [0.717, 1.165) is 0 Å². The first-order valence-corrected chi connectivity index (χ1v) is 5.12. The number of ether oxygens (including phenoxy) is 1. The number of benzene rings is 1. The van der Waals surface area contributed by atoms with Crippen LogP contribution < -0.4 is 4.74 Å². The molecule has 0 radical (unpaired) electrons. The third kappa shape index (κ3) is 2.94. The number of halogens is 1. The van der Waals surface area contributed by atoms with Crippen LogP contribution in [0.25, 0.3) is 0 Å². The van der Waals surface area contributed by atoms with Crippen molar-refractivity contribution in [1.82, 2.24) is 0 Å². The van der Waals surface area contributed by atoms with Crippen LogP contribution in [0.2, 0.25) is 0 Å². The Morgan fingerprint density at radius 1 is 1.56 bits per heavy atom. The number of rotatable bonds is 4. The molecule has 16 heavy (non-hydrogen) atoms. The van der Waals surface area contributed by atoms with Crippen molar-refractivity contribution in [3.05, 3.63) is 29.6 Å². The van der Waals surface area contributed by atoms with E-state index in [1.54, 1.807) is 0 Å². The van der Waals surface area contributed by atoms with Gasteiger partial charge >= 0.3 is 0 Å². The lowest BCUT2D eigenvalue weighted by molar-refractivity contribution is 0.184. The predicted molar refractivity (Wildman–Crippen MR) is 57.4 cm³/mol. The number of nitrogens with zero attached hydrogens (tertiary/aromatic N) is 1. The Morgan fingerprint density at radius 2 is 2.25 bits per heavy atom. The zero-order valence-corrected chi connectivity index (χ0v) is 9.27. The van der Waals surface area contributed by atoms with Gasteiger partial charge in [0.1, 0.15) is 17.6 Å². The molecule has 4 heteroatoms. The number of aliphatic hydroxyl groups excluding tert-OH is 1. The molecule has 0 aliphatic carbocycles. The molecule has 0 aromatic heterocycles. The summed E-state index contributed by atoms with van der Waals surface area (Å²) in [7, 11) is 0. The van der Waals surface area contributed by atoms with E-state index >= 15 is 0 Å². The van der Waals surface area contributed by atoms with Crippen molar-refractivity contribution in [1.29, 1.82) is 5.26 Å². The maximum Gasteiger partial charge on any atom is 0.184 e. The molecule has 86 valence electrons. The van der Waals surface area contributed by atoms with E-state index in [0.29, 0.717) is 17.7 Å². The van der Waals surface area contributed by atoms with E-state index < -0.39 is 18.0 Å². The molecule has 0 spiro atoms. The van der Waals surface area contributed by atoms with Gasteiger partial charge in [-0.1, -0.05) is 6.92 Å². The van der Waals surface area contributed by atoms with Gasteiger partial charge in [-0.05, 0) is 31.5 Å². The zero-order valence-electron chi connectivity index (χ0n) is 9.27. The first kappa shape index (κ1) is 12.5. The Labute approximate surface area is 94.1 Å². The molecule has 3 nitrogen and oxygen atoms in total. The molecular formula is C12H14FNO2. The largest absolute Gasteiger partial charge is 0.475 e. The highest BCUT2D eigenvalue weighted by atomic mass is 19.1. The lowest BCUT2D eigenvalue weighted by Crippen LogP contribution is -2.14. The highest BCUT2D eigenvalue weighted by Crippen LogP contribution is 2.27. The van der Waals surface area contributed by atoms with Gasteiger partial charge in [0.15, 0.2) is 6.10 Å². The van der Waals surface area contributed by atoms with Crippen molar-refractivity contribution in [2.24, 2.45) is 0 Å². The maximum absolute atomic E-state index is 13.0. The van der Waals surface area contributed by atoms with Gasteiger partial charge in [-0.3, -0.25) is 0 Å². The van der Waals surface area contributed by atoms with Gasteiger partial charge in [-0.2, -0.15) is 5.26 Å². The number of aliphatic hydroxyl groups is 1. The monoisotopic (exact) mass is 223 g/mol. The van der Waals surface area contributed by atoms with Crippen molar-refractivity contribution < 1.29 is 14.2 Å². The average molecular weight is 223 g/mol. The maximum atomic E-state index is 13.0. The lowest BCUT2D eigenvalue weighted by Gasteiger charge is -2.15. The fraction of sp³-hybridized carbons (Fsp3) is 0.417. The van der Waals surface area contributed by atoms with Crippen molar-refractivity contribution in [2.75, 3.05) is 0 Å². The van der Waals surface area contributed by atoms with Crippen LogP contribution >= 0.6 is 0 Å². The number of hydrogen-bond donors (Lipinski definition) is 1. The van der Waals surface area contributed by atoms with Crippen molar-refractivity contribution in [3.63, 3.8) is 0 Å². The van der Waals surface area contributed by atoms with Crippen LogP contribution in [0.15, 0.2) is 18.2 Å². The molecule has 0 aliphatic rings. The summed E-state index contributed by atoms with van der Waals surface area (Å²) in [6, 6.07) is 5.87. The Bertz CT molecular complexity index is 398. The van der Waals surface area contributed by atoms with Crippen LogP contribution in [0, 0.1) is 17.1 Å². The average Bonchev–Trinajstić information content (AvgIpc) is 2.27. The summed E-state index contributed by atoms with van der Waals surface area (Å²) in [5, 5.41) is 18.2. The second kappa shape index (κ2) is 5.47. The summed E-state index contributed by atoms with van der Waals surface area (Å²) in [4.78, 5) is 0. The molecule has 0 aliphatic heterocycles. The summed E-state index contributed by atoms with van der Waals surface area (Å²) < 4.78 is 18.3. The zero-order chi connectivity index (χ0) is 12.1. The van der Waals surface area contributed by atoms with Gasteiger partial charge in [-0.15, -0.1) is 0 Å². The SMILES string of the molecule is CCC(C#N)Oc1ccc(F)cc1C(C)O. The summed E-state index contributed by atoms with van der Waals surface area (Å²) in [6.07, 6.45) is -0.877. The number of hydrogen-bond acceptors (Lipinski definition) is 3. The van der Waals surface area contributed by atoms with Crippen LogP contribution in [0.1, 0.15) is 31.9 Å². The molecular weight excluding hydrogens is 209 g/mol. The van der Waals surface area contributed by atoms with Crippen molar-refractivity contribution in [2.45, 2.75) is 32.5 Å². The second-order valence-electron chi connectivity index (χ2n) is 3.50. The molecule has 2 atom stereocenters. The standard InChI is InChI=1S/C12H14FNO2/c1-3-10(7-14)16-12-5-4-9(13)6-11(12)8(2)15/h4-6,8,10,15H,3H2,1-2H3. The minimum absolute atomic E-state index is 0.352. The summed E-state index contributed by atoms with van der Waals surface area (Å²) in [6.45, 7) is 3.34. The Balaban J connectivity index is 3.00. The predicted octanol–water partition coefficient (Wildman–Crippen LogP) is 2.56. The minimum atomic E-state index is -0.832. The van der Waals surface area contributed by atoms with Crippen LogP contribution in [0.3, 0.4) is 0 Å². The Kier molecular flexibility index (Phi) is 4.27. The van der Waals surface area contributed by atoms with Gasteiger partial charge in [0.25, 0.3) is 0 Å². The smallest absolute Gasteiger partial charge is 0.184 e. The Morgan fingerprint density at radius 3 is 2.75 bits per heavy atom. The molecule has 0 saturated heterocycles. The van der Waals surface area contributed by atoms with Crippen LogP contribution in [-0.2, 0) is 0 Å². The van der Waals surface area contributed by atoms with Gasteiger partial charge in [0.05, 0.1) is 6.10 Å². The highest BCUT2D eigenvalue weighted by molar-refractivity contribution is 5.36. The first-order chi connectivity index (χ1) is 7.58. The van der Waals surface area contributed by atoms with Crippen molar-refractivity contribution in [3.8, 4) is 11.8 Å². The van der Waals surface area contributed by atoms with E-state index in [9.17, 15) is 9.50 Å². The lowest BCUT2D eigenvalue weighted by atomic mass is 10.1. The molecule has 0 saturated carbocycles. The van der Waals surface area contributed by atoms with Crippen molar-refractivity contribution >= 4 is 0 Å². The van der Waals surface area contributed by atoms with Crippen LogP contribution in [0.4, 0.5) is 4.39 Å². The fourth-order valence-corrected chi connectivity index (χ4v) is 1.31. The van der Waals surface area contributed by atoms with Gasteiger partial charge < -0.3 is 9.84 Å². The van der Waals surface area contributed by atoms with Gasteiger partial charge in [0, 0.05) is 5.56 Å². The quantitative estimate of drug-likeness (QED) is 0.853. The van der Waals surface area contributed by atoms with Crippen LogP contribution in [-0.4, -0.2) is 11.2 Å². The number of nitriles is 1. The second-order valence-corrected chi connectivity index (χ2v) is 3.50. The van der Waals surface area contributed by atoms with E-state index in [4.69, 9.17) is 10.00 Å².